The van der Waals surface area contributed by atoms with Gasteiger partial charge in [0.1, 0.15) is 16.9 Å². The number of nitrogens with one attached hydrogen (secondary N) is 2. The van der Waals surface area contributed by atoms with Crippen LogP contribution in [0.2, 0.25) is 0 Å². The molecule has 3 amide bonds. The van der Waals surface area contributed by atoms with E-state index >= 15 is 4.39 Å². The average Bonchev–Trinajstić information content (AvgIpc) is 3.70. The minimum atomic E-state index is -0.854. The zero-order valence-electron chi connectivity index (χ0n) is 29.2. The van der Waals surface area contributed by atoms with E-state index in [9.17, 15) is 24.0 Å². The van der Waals surface area contributed by atoms with E-state index in [1.54, 1.807) is 39.0 Å². The van der Waals surface area contributed by atoms with E-state index in [4.69, 9.17) is 14.2 Å². The lowest BCUT2D eigenvalue weighted by Crippen LogP contribution is -2.51. The molecular weight excluding hydrogens is 661 g/mol. The van der Waals surface area contributed by atoms with Crippen molar-refractivity contribution in [1.29, 1.82) is 0 Å². The van der Waals surface area contributed by atoms with Crippen molar-refractivity contribution in [3.63, 3.8) is 0 Å². The number of fused-ring (bicyclic) bond motifs is 1. The van der Waals surface area contributed by atoms with E-state index in [0.717, 1.165) is 0 Å². The van der Waals surface area contributed by atoms with Gasteiger partial charge in [0.2, 0.25) is 5.91 Å². The van der Waals surface area contributed by atoms with Crippen LogP contribution in [0.3, 0.4) is 0 Å². The van der Waals surface area contributed by atoms with E-state index in [1.165, 1.54) is 66.2 Å². The average molecular weight is 702 g/mol. The van der Waals surface area contributed by atoms with Crippen LogP contribution in [0.4, 0.5) is 9.18 Å². The molecule has 1 saturated heterocycles. The van der Waals surface area contributed by atoms with Crippen LogP contribution in [0.15, 0.2) is 60.8 Å². The summed E-state index contributed by atoms with van der Waals surface area (Å²) in [7, 11) is 1.30. The molecule has 0 unspecified atom stereocenters. The highest BCUT2D eigenvalue weighted by Gasteiger charge is 2.39. The number of hydrogen-bond donors (Lipinski definition) is 2. The van der Waals surface area contributed by atoms with Crippen molar-refractivity contribution in [2.75, 3.05) is 26.8 Å². The zero-order valence-corrected chi connectivity index (χ0v) is 29.2. The first-order valence-electron chi connectivity index (χ1n) is 16.4. The number of amides is 3. The molecule has 3 aromatic carbocycles. The smallest absolute Gasteiger partial charge is 0.410 e. The first kappa shape index (κ1) is 36.5. The standard InChI is InChI=1S/C37H40FN5O8/c1-7-16-50-29-14-15-30(49-6)32(38)31(29)33(45)22-8-10-23(11-9-22)34(46)40-26-19-42(36(48)51-37(3,4)5)20-27(26)41-35(47)24-12-13-28-25(17-24)18-39-43(28)21(2)44/h8-15,17-18,26-27H,7,16,19-20H2,1-6H3,(H,40,46)(H,41,47)/t26-,27-/m1/s1. The first-order valence-corrected chi connectivity index (χ1v) is 16.4. The molecule has 0 radical (unpaired) electrons. The fourth-order valence-corrected chi connectivity index (χ4v) is 5.66. The van der Waals surface area contributed by atoms with Crippen LogP contribution in [0.5, 0.6) is 11.5 Å². The quantitative estimate of drug-likeness (QED) is 0.217. The van der Waals surface area contributed by atoms with E-state index in [0.29, 0.717) is 22.9 Å². The number of ether oxygens (including phenoxy) is 3. The Bertz CT molecular complexity index is 1990. The molecule has 2 N–H and O–H groups in total. The number of carbonyl (C=O) groups excluding carboxylic acids is 5. The second kappa shape index (κ2) is 15.0. The largest absolute Gasteiger partial charge is 0.494 e. The van der Waals surface area contributed by atoms with Gasteiger partial charge in [0.15, 0.2) is 17.3 Å². The Hall–Kier alpha value is -5.79. The van der Waals surface area contributed by atoms with Crippen molar-refractivity contribution in [3.8, 4) is 11.5 Å². The Labute approximate surface area is 294 Å². The number of methoxy groups -OCH3 is 1. The van der Waals surface area contributed by atoms with Gasteiger partial charge in [-0.2, -0.15) is 5.10 Å². The summed E-state index contributed by atoms with van der Waals surface area (Å²) in [5, 5.41) is 10.5. The van der Waals surface area contributed by atoms with Crippen LogP contribution in [-0.2, 0) is 4.74 Å². The number of ketones is 1. The molecule has 1 aliphatic rings. The zero-order chi connectivity index (χ0) is 37.0. The van der Waals surface area contributed by atoms with Gasteiger partial charge in [0.05, 0.1) is 37.5 Å². The number of likely N-dealkylation sites (tertiary alicyclic amines) is 1. The summed E-state index contributed by atoms with van der Waals surface area (Å²) in [6.07, 6.45) is 1.53. The van der Waals surface area contributed by atoms with Gasteiger partial charge >= 0.3 is 6.09 Å². The predicted molar refractivity (Wildman–Crippen MR) is 185 cm³/mol. The van der Waals surface area contributed by atoms with Gasteiger partial charge in [-0.3, -0.25) is 19.2 Å². The molecule has 1 aromatic heterocycles. The Morgan fingerprint density at radius 2 is 1.47 bits per heavy atom. The monoisotopic (exact) mass is 701 g/mol. The maximum atomic E-state index is 15.3. The van der Waals surface area contributed by atoms with Gasteiger partial charge in [-0.25, -0.2) is 13.9 Å². The molecule has 13 nitrogen and oxygen atoms in total. The second-order valence-electron chi connectivity index (χ2n) is 13.1. The lowest BCUT2D eigenvalue weighted by atomic mass is 10.00. The molecule has 0 bridgehead atoms. The lowest BCUT2D eigenvalue weighted by molar-refractivity contribution is 0.0286. The summed E-state index contributed by atoms with van der Waals surface area (Å²) in [4.78, 5) is 66.6. The van der Waals surface area contributed by atoms with Crippen LogP contribution in [0.1, 0.15) is 82.5 Å². The second-order valence-corrected chi connectivity index (χ2v) is 13.1. The first-order chi connectivity index (χ1) is 24.2. The highest BCUT2D eigenvalue weighted by molar-refractivity contribution is 6.11. The molecule has 14 heteroatoms. The molecule has 0 spiro atoms. The highest BCUT2D eigenvalue weighted by Crippen LogP contribution is 2.31. The maximum Gasteiger partial charge on any atom is 0.410 e. The van der Waals surface area contributed by atoms with Gasteiger partial charge < -0.3 is 29.7 Å². The Balaban J connectivity index is 1.34. The summed E-state index contributed by atoms with van der Waals surface area (Å²) >= 11 is 0. The molecule has 51 heavy (non-hydrogen) atoms. The molecule has 1 aliphatic heterocycles. The number of halogens is 1. The fourth-order valence-electron chi connectivity index (χ4n) is 5.66. The molecule has 4 aromatic rings. The highest BCUT2D eigenvalue weighted by atomic mass is 19.1. The molecule has 1 fully saturated rings. The minimum Gasteiger partial charge on any atom is -0.494 e. The summed E-state index contributed by atoms with van der Waals surface area (Å²) in [6.45, 7) is 8.85. The van der Waals surface area contributed by atoms with Crippen molar-refractivity contribution in [2.24, 2.45) is 0 Å². The van der Waals surface area contributed by atoms with Gasteiger partial charge in [-0.1, -0.05) is 19.1 Å². The van der Waals surface area contributed by atoms with Crippen molar-refractivity contribution >= 4 is 40.5 Å². The molecule has 2 atom stereocenters. The van der Waals surface area contributed by atoms with Crippen molar-refractivity contribution < 1.29 is 42.6 Å². The van der Waals surface area contributed by atoms with Gasteiger partial charge in [0.25, 0.3) is 11.8 Å². The van der Waals surface area contributed by atoms with Crippen LogP contribution in [0.25, 0.3) is 10.9 Å². The van der Waals surface area contributed by atoms with Gasteiger partial charge in [-0.05, 0) is 69.7 Å². The molecule has 0 saturated carbocycles. The van der Waals surface area contributed by atoms with E-state index in [1.807, 2.05) is 6.92 Å². The number of benzene rings is 3. The van der Waals surface area contributed by atoms with Crippen molar-refractivity contribution in [3.05, 3.63) is 88.9 Å². The molecule has 0 aliphatic carbocycles. The Morgan fingerprint density at radius 1 is 0.882 bits per heavy atom. The summed E-state index contributed by atoms with van der Waals surface area (Å²) < 4.78 is 32.7. The molecule has 5 rings (SSSR count). The minimum absolute atomic E-state index is 0.0439. The van der Waals surface area contributed by atoms with Gasteiger partial charge in [0, 0.05) is 42.1 Å². The van der Waals surface area contributed by atoms with E-state index in [-0.39, 0.29) is 53.8 Å². The predicted octanol–water partition coefficient (Wildman–Crippen LogP) is 5.01. The molecule has 268 valence electrons. The summed E-state index contributed by atoms with van der Waals surface area (Å²) in [5.74, 6) is -2.79. The number of nitrogens with zero attached hydrogens (tertiary/aromatic N) is 3. The fraction of sp³-hybridized carbons (Fsp3) is 0.351. The summed E-state index contributed by atoms with van der Waals surface area (Å²) in [5.41, 5.74) is 0.0998. The van der Waals surface area contributed by atoms with Crippen molar-refractivity contribution in [1.82, 2.24) is 25.3 Å². The van der Waals surface area contributed by atoms with Crippen LogP contribution in [0, 0.1) is 5.82 Å². The normalized spacial score (nSPS) is 15.7. The third kappa shape index (κ3) is 8.17. The van der Waals surface area contributed by atoms with Crippen LogP contribution >= 0.6 is 0 Å². The van der Waals surface area contributed by atoms with Crippen molar-refractivity contribution in [2.45, 2.75) is 58.7 Å². The number of hydrogen-bond acceptors (Lipinski definition) is 9. The summed E-state index contributed by atoms with van der Waals surface area (Å²) in [6, 6.07) is 11.9. The number of carbonyl (C=O) groups is 5. The SMILES string of the molecule is CCCOc1ccc(OC)c(F)c1C(=O)c1ccc(C(=O)N[C@@H]2CN(C(=O)OC(C)(C)C)C[C@H]2NC(=O)c2ccc3c(cnn3C(C)=O)c2)cc1. The molecular formula is C37H40FN5O8. The Kier molecular flexibility index (Phi) is 10.7. The van der Waals surface area contributed by atoms with Crippen LogP contribution in [-0.4, -0.2) is 88.8 Å². The third-order valence-electron chi connectivity index (χ3n) is 8.12. The topological polar surface area (TPSA) is 158 Å². The third-order valence-corrected chi connectivity index (χ3v) is 8.12. The van der Waals surface area contributed by atoms with E-state index in [2.05, 4.69) is 15.7 Å². The molecule has 2 heterocycles. The van der Waals surface area contributed by atoms with Gasteiger partial charge in [-0.15, -0.1) is 0 Å². The number of aromatic nitrogens is 2. The number of rotatable bonds is 10. The maximum absolute atomic E-state index is 15.3. The lowest BCUT2D eigenvalue weighted by Gasteiger charge is -2.24. The van der Waals surface area contributed by atoms with E-state index < -0.39 is 47.2 Å². The van der Waals surface area contributed by atoms with Crippen LogP contribution < -0.4 is 20.1 Å². The Morgan fingerprint density at radius 3 is 2.06 bits per heavy atom.